The van der Waals surface area contributed by atoms with Gasteiger partial charge in [-0.25, -0.2) is 8.78 Å². The molecule has 0 bridgehead atoms. The Morgan fingerprint density at radius 2 is 1.73 bits per heavy atom. The zero-order valence-electron chi connectivity index (χ0n) is 8.93. The topological polar surface area (TPSA) is 12.0 Å². The summed E-state index contributed by atoms with van der Waals surface area (Å²) in [5, 5.41) is 3.36. The maximum Gasteiger partial charge on any atom is 0.126 e. The van der Waals surface area contributed by atoms with Crippen LogP contribution in [0.15, 0.2) is 18.2 Å². The van der Waals surface area contributed by atoms with Gasteiger partial charge in [-0.05, 0) is 38.0 Å². The van der Waals surface area contributed by atoms with Gasteiger partial charge in [0.05, 0.1) is 0 Å². The summed E-state index contributed by atoms with van der Waals surface area (Å²) >= 11 is 0. The first-order valence-corrected chi connectivity index (χ1v) is 5.28. The fourth-order valence-electron chi connectivity index (χ4n) is 2.43. The Labute approximate surface area is 88.5 Å². The predicted octanol–water partition coefficient (Wildman–Crippen LogP) is 2.82. The van der Waals surface area contributed by atoms with E-state index in [1.165, 1.54) is 12.1 Å². The van der Waals surface area contributed by atoms with Crippen molar-refractivity contribution in [2.75, 3.05) is 0 Å². The fourth-order valence-corrected chi connectivity index (χ4v) is 2.43. The third-order valence-electron chi connectivity index (χ3n) is 3.07. The van der Waals surface area contributed by atoms with Crippen LogP contribution in [0.5, 0.6) is 0 Å². The van der Waals surface area contributed by atoms with Crippen LogP contribution in [0.25, 0.3) is 0 Å². The summed E-state index contributed by atoms with van der Waals surface area (Å²) in [5.41, 5.74) is 0.761. The molecule has 1 heterocycles. The van der Waals surface area contributed by atoms with Crippen molar-refractivity contribution in [3.8, 4) is 0 Å². The molecule has 3 heteroatoms. The molecule has 1 aromatic rings. The van der Waals surface area contributed by atoms with E-state index in [4.69, 9.17) is 0 Å². The van der Waals surface area contributed by atoms with Crippen LogP contribution in [0.1, 0.15) is 31.7 Å². The summed E-state index contributed by atoms with van der Waals surface area (Å²) in [6, 6.07) is 4.48. The maximum absolute atomic E-state index is 13.0. The highest BCUT2D eigenvalue weighted by molar-refractivity contribution is 5.25. The summed E-state index contributed by atoms with van der Waals surface area (Å²) in [5.74, 6) is -0.765. The SMILES string of the molecule is CC1CC(c2cc(F)cc(F)c2)C(C)N1. The van der Waals surface area contributed by atoms with Gasteiger partial charge >= 0.3 is 0 Å². The highest BCUT2D eigenvalue weighted by Gasteiger charge is 2.29. The van der Waals surface area contributed by atoms with Crippen molar-refractivity contribution in [1.82, 2.24) is 5.32 Å². The van der Waals surface area contributed by atoms with Crippen LogP contribution in [0.3, 0.4) is 0 Å². The van der Waals surface area contributed by atoms with Crippen LogP contribution in [-0.2, 0) is 0 Å². The van der Waals surface area contributed by atoms with Gasteiger partial charge in [-0.3, -0.25) is 0 Å². The lowest BCUT2D eigenvalue weighted by atomic mass is 9.91. The molecule has 1 aliphatic rings. The smallest absolute Gasteiger partial charge is 0.126 e. The zero-order valence-corrected chi connectivity index (χ0v) is 8.93. The maximum atomic E-state index is 13.0. The predicted molar refractivity (Wildman–Crippen MR) is 55.8 cm³/mol. The van der Waals surface area contributed by atoms with Gasteiger partial charge in [0.25, 0.3) is 0 Å². The molecule has 15 heavy (non-hydrogen) atoms. The molecule has 3 unspecified atom stereocenters. The van der Waals surface area contributed by atoms with Gasteiger partial charge in [0.15, 0.2) is 0 Å². The lowest BCUT2D eigenvalue weighted by Crippen LogP contribution is -2.26. The van der Waals surface area contributed by atoms with Gasteiger partial charge in [0, 0.05) is 24.1 Å². The van der Waals surface area contributed by atoms with E-state index in [-0.39, 0.29) is 12.0 Å². The Morgan fingerprint density at radius 1 is 1.13 bits per heavy atom. The highest BCUT2D eigenvalue weighted by Crippen LogP contribution is 2.31. The minimum Gasteiger partial charge on any atom is -0.311 e. The Bertz CT molecular complexity index is 344. The van der Waals surface area contributed by atoms with E-state index in [0.717, 1.165) is 18.1 Å². The molecular weight excluding hydrogens is 196 g/mol. The standard InChI is InChI=1S/C12H15F2N/c1-7-3-12(8(2)15-7)9-4-10(13)6-11(14)5-9/h4-8,12,15H,3H2,1-2H3. The van der Waals surface area contributed by atoms with E-state index in [0.29, 0.717) is 6.04 Å². The number of halogens is 2. The summed E-state index contributed by atoms with van der Waals surface area (Å²) < 4.78 is 26.1. The third kappa shape index (κ3) is 2.17. The van der Waals surface area contributed by atoms with Gasteiger partial charge in [-0.1, -0.05) is 0 Å². The van der Waals surface area contributed by atoms with Crippen molar-refractivity contribution >= 4 is 0 Å². The number of hydrogen-bond donors (Lipinski definition) is 1. The molecule has 82 valence electrons. The summed E-state index contributed by atoms with van der Waals surface area (Å²) in [6.07, 6.45) is 0.935. The largest absolute Gasteiger partial charge is 0.311 e. The molecule has 1 nitrogen and oxygen atoms in total. The molecule has 0 radical (unpaired) electrons. The Balaban J connectivity index is 2.29. The molecule has 3 atom stereocenters. The molecule has 1 fully saturated rings. The van der Waals surface area contributed by atoms with Crippen LogP contribution < -0.4 is 5.32 Å². The number of nitrogens with one attached hydrogen (secondary N) is 1. The van der Waals surface area contributed by atoms with Gasteiger partial charge < -0.3 is 5.32 Å². The van der Waals surface area contributed by atoms with Crippen molar-refractivity contribution in [2.45, 2.75) is 38.3 Å². The number of hydrogen-bond acceptors (Lipinski definition) is 1. The molecule has 0 aromatic heterocycles. The Kier molecular flexibility index (Phi) is 2.74. The Hall–Kier alpha value is -0.960. The van der Waals surface area contributed by atoms with Gasteiger partial charge in [0.2, 0.25) is 0 Å². The lowest BCUT2D eigenvalue weighted by molar-refractivity contribution is 0.554. The molecule has 1 N–H and O–H groups in total. The first-order valence-electron chi connectivity index (χ1n) is 5.28. The second kappa shape index (κ2) is 3.89. The molecule has 2 rings (SSSR count). The van der Waals surface area contributed by atoms with Crippen LogP contribution in [0, 0.1) is 11.6 Å². The second-order valence-electron chi connectivity index (χ2n) is 4.40. The molecular formula is C12H15F2N. The first-order chi connectivity index (χ1) is 7.06. The van der Waals surface area contributed by atoms with Crippen molar-refractivity contribution in [1.29, 1.82) is 0 Å². The van der Waals surface area contributed by atoms with E-state index < -0.39 is 11.6 Å². The van der Waals surface area contributed by atoms with Gasteiger partial charge in [0.1, 0.15) is 11.6 Å². The lowest BCUT2D eigenvalue weighted by Gasteiger charge is -2.15. The van der Waals surface area contributed by atoms with Crippen molar-refractivity contribution in [2.24, 2.45) is 0 Å². The molecule has 1 saturated heterocycles. The zero-order chi connectivity index (χ0) is 11.0. The molecule has 0 spiro atoms. The average molecular weight is 211 g/mol. The van der Waals surface area contributed by atoms with Gasteiger partial charge in [-0.15, -0.1) is 0 Å². The van der Waals surface area contributed by atoms with Crippen LogP contribution in [0.4, 0.5) is 8.78 Å². The van der Waals surface area contributed by atoms with Crippen molar-refractivity contribution in [3.63, 3.8) is 0 Å². The van der Waals surface area contributed by atoms with E-state index in [1.54, 1.807) is 0 Å². The number of benzene rings is 1. The first kappa shape index (κ1) is 10.6. The van der Waals surface area contributed by atoms with Crippen molar-refractivity contribution < 1.29 is 8.78 Å². The van der Waals surface area contributed by atoms with Gasteiger partial charge in [-0.2, -0.15) is 0 Å². The molecule has 0 aliphatic carbocycles. The van der Waals surface area contributed by atoms with Crippen LogP contribution in [0.2, 0.25) is 0 Å². The summed E-state index contributed by atoms with van der Waals surface area (Å²) in [7, 11) is 0. The Morgan fingerprint density at radius 3 is 2.20 bits per heavy atom. The molecule has 0 amide bonds. The van der Waals surface area contributed by atoms with E-state index in [2.05, 4.69) is 19.2 Å². The highest BCUT2D eigenvalue weighted by atomic mass is 19.1. The third-order valence-corrected chi connectivity index (χ3v) is 3.07. The normalized spacial score (nSPS) is 30.8. The quantitative estimate of drug-likeness (QED) is 0.753. The molecule has 0 saturated carbocycles. The van der Waals surface area contributed by atoms with Crippen LogP contribution in [-0.4, -0.2) is 12.1 Å². The minimum atomic E-state index is -0.489. The summed E-state index contributed by atoms with van der Waals surface area (Å²) in [6.45, 7) is 4.14. The second-order valence-corrected chi connectivity index (χ2v) is 4.40. The van der Waals surface area contributed by atoms with E-state index in [1.807, 2.05) is 0 Å². The van der Waals surface area contributed by atoms with E-state index in [9.17, 15) is 8.78 Å². The summed E-state index contributed by atoms with van der Waals surface area (Å²) in [4.78, 5) is 0. The number of rotatable bonds is 1. The average Bonchev–Trinajstić information content (AvgIpc) is 2.43. The van der Waals surface area contributed by atoms with E-state index >= 15 is 0 Å². The molecule has 1 aliphatic heterocycles. The van der Waals surface area contributed by atoms with Crippen LogP contribution >= 0.6 is 0 Å². The monoisotopic (exact) mass is 211 g/mol. The molecule has 1 aromatic carbocycles. The van der Waals surface area contributed by atoms with Crippen molar-refractivity contribution in [3.05, 3.63) is 35.4 Å². The minimum absolute atomic E-state index is 0.213. The fraction of sp³-hybridized carbons (Fsp3) is 0.500.